The van der Waals surface area contributed by atoms with Gasteiger partial charge in [0.25, 0.3) is 5.91 Å². The van der Waals surface area contributed by atoms with E-state index in [9.17, 15) is 14.4 Å². The van der Waals surface area contributed by atoms with Gasteiger partial charge in [0.15, 0.2) is 0 Å². The van der Waals surface area contributed by atoms with E-state index in [-0.39, 0.29) is 23.9 Å². The van der Waals surface area contributed by atoms with Crippen LogP contribution in [0.3, 0.4) is 0 Å². The molecule has 0 radical (unpaired) electrons. The standard InChI is InChI=1S/C20H24N4O3/c1-20(2,3)24-19(27)14-7-5-9-16(11-14)23-17(25)12-22-15-8-4-6-13(10-15)18(21)26/h4-11,22H,12H2,1-3H3,(H2,21,26)(H,23,25)(H,24,27). The van der Waals surface area contributed by atoms with Crippen molar-refractivity contribution < 1.29 is 14.4 Å². The molecule has 27 heavy (non-hydrogen) atoms. The molecule has 0 spiro atoms. The summed E-state index contributed by atoms with van der Waals surface area (Å²) in [5.74, 6) is -1.03. The number of carbonyl (C=O) groups is 3. The monoisotopic (exact) mass is 368 g/mol. The lowest BCUT2D eigenvalue weighted by Crippen LogP contribution is -2.40. The van der Waals surface area contributed by atoms with Crippen LogP contribution >= 0.6 is 0 Å². The molecule has 5 N–H and O–H groups in total. The summed E-state index contributed by atoms with van der Waals surface area (Å²) in [6.45, 7) is 5.70. The Hall–Kier alpha value is -3.35. The predicted octanol–water partition coefficient (Wildman–Crippen LogP) is 2.36. The number of hydrogen-bond donors (Lipinski definition) is 4. The van der Waals surface area contributed by atoms with Crippen molar-refractivity contribution in [2.45, 2.75) is 26.3 Å². The molecule has 2 aromatic rings. The molecule has 0 aliphatic heterocycles. The highest BCUT2D eigenvalue weighted by Crippen LogP contribution is 2.13. The van der Waals surface area contributed by atoms with Gasteiger partial charge < -0.3 is 21.7 Å². The van der Waals surface area contributed by atoms with E-state index < -0.39 is 5.91 Å². The Balaban J connectivity index is 1.96. The Bertz CT molecular complexity index is 856. The molecule has 0 fully saturated rings. The summed E-state index contributed by atoms with van der Waals surface area (Å²) in [6.07, 6.45) is 0. The first-order valence-electron chi connectivity index (χ1n) is 8.50. The summed E-state index contributed by atoms with van der Waals surface area (Å²) >= 11 is 0. The molecule has 7 nitrogen and oxygen atoms in total. The van der Waals surface area contributed by atoms with Crippen molar-refractivity contribution in [3.05, 3.63) is 59.7 Å². The number of carbonyl (C=O) groups excluding carboxylic acids is 3. The van der Waals surface area contributed by atoms with Crippen molar-refractivity contribution in [2.75, 3.05) is 17.2 Å². The molecule has 0 aliphatic rings. The predicted molar refractivity (Wildman–Crippen MR) is 106 cm³/mol. The van der Waals surface area contributed by atoms with Gasteiger partial charge in [0.05, 0.1) is 6.54 Å². The van der Waals surface area contributed by atoms with Gasteiger partial charge in [0.1, 0.15) is 0 Å². The molecule has 0 aliphatic carbocycles. The van der Waals surface area contributed by atoms with E-state index in [2.05, 4.69) is 16.0 Å². The van der Waals surface area contributed by atoms with Crippen LogP contribution in [0.15, 0.2) is 48.5 Å². The van der Waals surface area contributed by atoms with Crippen LogP contribution in [0.2, 0.25) is 0 Å². The van der Waals surface area contributed by atoms with E-state index in [0.29, 0.717) is 22.5 Å². The summed E-state index contributed by atoms with van der Waals surface area (Å²) < 4.78 is 0. The van der Waals surface area contributed by atoms with Gasteiger partial charge in [0, 0.05) is 28.0 Å². The van der Waals surface area contributed by atoms with E-state index in [1.165, 1.54) is 0 Å². The van der Waals surface area contributed by atoms with Gasteiger partial charge in [-0.05, 0) is 57.2 Å². The molecule has 0 aromatic heterocycles. The van der Waals surface area contributed by atoms with Crippen LogP contribution in [-0.4, -0.2) is 29.8 Å². The van der Waals surface area contributed by atoms with Crippen LogP contribution in [0.5, 0.6) is 0 Å². The lowest BCUT2D eigenvalue weighted by atomic mass is 10.1. The minimum atomic E-state index is -0.534. The molecule has 7 heteroatoms. The molecule has 3 amide bonds. The Morgan fingerprint density at radius 3 is 2.15 bits per heavy atom. The normalized spacial score (nSPS) is 10.8. The molecule has 0 unspecified atom stereocenters. The first kappa shape index (κ1) is 20.0. The fourth-order valence-corrected chi connectivity index (χ4v) is 2.32. The smallest absolute Gasteiger partial charge is 0.251 e. The minimum Gasteiger partial charge on any atom is -0.376 e. The first-order valence-corrected chi connectivity index (χ1v) is 8.50. The Morgan fingerprint density at radius 1 is 0.926 bits per heavy atom. The SMILES string of the molecule is CC(C)(C)NC(=O)c1cccc(NC(=O)CNc2cccc(C(N)=O)c2)c1. The highest BCUT2D eigenvalue weighted by molar-refractivity contribution is 5.98. The number of hydrogen-bond acceptors (Lipinski definition) is 4. The molecule has 0 heterocycles. The Kier molecular flexibility index (Phi) is 6.18. The van der Waals surface area contributed by atoms with Gasteiger partial charge in [0.2, 0.25) is 11.8 Å². The van der Waals surface area contributed by atoms with Gasteiger partial charge in [-0.1, -0.05) is 12.1 Å². The number of anilines is 2. The van der Waals surface area contributed by atoms with Crippen LogP contribution in [0, 0.1) is 0 Å². The zero-order valence-electron chi connectivity index (χ0n) is 15.6. The number of primary amides is 1. The number of amides is 3. The largest absolute Gasteiger partial charge is 0.376 e. The second kappa shape index (κ2) is 8.35. The van der Waals surface area contributed by atoms with Crippen LogP contribution in [-0.2, 0) is 4.79 Å². The van der Waals surface area contributed by atoms with Crippen LogP contribution < -0.4 is 21.7 Å². The maximum absolute atomic E-state index is 12.2. The maximum atomic E-state index is 12.2. The summed E-state index contributed by atoms with van der Waals surface area (Å²) in [5, 5.41) is 8.54. The minimum absolute atomic E-state index is 0.000625. The topological polar surface area (TPSA) is 113 Å². The maximum Gasteiger partial charge on any atom is 0.251 e. The van der Waals surface area contributed by atoms with E-state index in [1.54, 1.807) is 48.5 Å². The van der Waals surface area contributed by atoms with E-state index in [1.807, 2.05) is 20.8 Å². The fourth-order valence-electron chi connectivity index (χ4n) is 2.32. The van der Waals surface area contributed by atoms with Crippen LogP contribution in [0.25, 0.3) is 0 Å². The molecule has 2 rings (SSSR count). The third-order valence-corrected chi connectivity index (χ3v) is 3.50. The summed E-state index contributed by atoms with van der Waals surface area (Å²) in [5.41, 5.74) is 6.85. The summed E-state index contributed by atoms with van der Waals surface area (Å²) in [7, 11) is 0. The van der Waals surface area contributed by atoms with E-state index in [4.69, 9.17) is 5.73 Å². The lowest BCUT2D eigenvalue weighted by Gasteiger charge is -2.20. The first-order chi connectivity index (χ1) is 12.6. The van der Waals surface area contributed by atoms with Gasteiger partial charge in [-0.2, -0.15) is 0 Å². The molecule has 2 aromatic carbocycles. The highest BCUT2D eigenvalue weighted by Gasteiger charge is 2.15. The van der Waals surface area contributed by atoms with Crippen molar-refractivity contribution in [1.82, 2.24) is 5.32 Å². The lowest BCUT2D eigenvalue weighted by molar-refractivity contribution is -0.114. The molecular weight excluding hydrogens is 344 g/mol. The van der Waals surface area contributed by atoms with Gasteiger partial charge in [-0.3, -0.25) is 14.4 Å². The Labute approximate surface area is 158 Å². The van der Waals surface area contributed by atoms with Crippen molar-refractivity contribution in [1.29, 1.82) is 0 Å². The summed E-state index contributed by atoms with van der Waals surface area (Å²) in [6, 6.07) is 13.3. The van der Waals surface area contributed by atoms with Crippen molar-refractivity contribution in [2.24, 2.45) is 5.73 Å². The highest BCUT2D eigenvalue weighted by atomic mass is 16.2. The summed E-state index contributed by atoms with van der Waals surface area (Å²) in [4.78, 5) is 35.6. The molecule has 0 saturated heterocycles. The van der Waals surface area contributed by atoms with E-state index in [0.717, 1.165) is 0 Å². The second-order valence-corrected chi connectivity index (χ2v) is 7.13. The molecular formula is C20H24N4O3. The molecule has 0 saturated carbocycles. The molecule has 0 bridgehead atoms. The zero-order valence-corrected chi connectivity index (χ0v) is 15.6. The number of nitrogens with one attached hydrogen (secondary N) is 3. The van der Waals surface area contributed by atoms with Crippen LogP contribution in [0.1, 0.15) is 41.5 Å². The zero-order chi connectivity index (χ0) is 20.0. The quantitative estimate of drug-likeness (QED) is 0.627. The van der Waals surface area contributed by atoms with Crippen LogP contribution in [0.4, 0.5) is 11.4 Å². The Morgan fingerprint density at radius 2 is 1.52 bits per heavy atom. The molecule has 142 valence electrons. The van der Waals surface area contributed by atoms with Gasteiger partial charge in [-0.25, -0.2) is 0 Å². The van der Waals surface area contributed by atoms with Crippen molar-refractivity contribution in [3.8, 4) is 0 Å². The number of benzene rings is 2. The third kappa shape index (κ3) is 6.47. The fraction of sp³-hybridized carbons (Fsp3) is 0.250. The number of nitrogens with two attached hydrogens (primary N) is 1. The van der Waals surface area contributed by atoms with Crippen molar-refractivity contribution in [3.63, 3.8) is 0 Å². The average Bonchev–Trinajstić information content (AvgIpc) is 2.59. The van der Waals surface area contributed by atoms with Gasteiger partial charge in [-0.15, -0.1) is 0 Å². The molecule has 0 atom stereocenters. The third-order valence-electron chi connectivity index (χ3n) is 3.50. The van der Waals surface area contributed by atoms with E-state index >= 15 is 0 Å². The van der Waals surface area contributed by atoms with Crippen molar-refractivity contribution >= 4 is 29.1 Å². The number of rotatable bonds is 6. The second-order valence-electron chi connectivity index (χ2n) is 7.13. The van der Waals surface area contributed by atoms with Gasteiger partial charge >= 0.3 is 0 Å². The average molecular weight is 368 g/mol.